The van der Waals surface area contributed by atoms with Crippen LogP contribution in [0.3, 0.4) is 0 Å². The molecule has 18 heavy (non-hydrogen) atoms. The third-order valence-electron chi connectivity index (χ3n) is 4.29. The number of aliphatic hydroxyl groups excluding tert-OH is 3. The predicted molar refractivity (Wildman–Crippen MR) is 77.1 cm³/mol. The SMILES string of the molecule is CC(C)(C)C(C)(C)C(O[SiH3])(O[SiH3])C(O)C(O)CO. The van der Waals surface area contributed by atoms with Crippen LogP contribution in [0.2, 0.25) is 0 Å². The summed E-state index contributed by atoms with van der Waals surface area (Å²) in [6, 6.07) is 0. The van der Waals surface area contributed by atoms with E-state index in [1.165, 1.54) is 0 Å². The molecule has 2 atom stereocenters. The Kier molecular flexibility index (Phi) is 6.20. The fourth-order valence-corrected chi connectivity index (χ4v) is 4.25. The first-order valence-electron chi connectivity index (χ1n) is 6.09. The van der Waals surface area contributed by atoms with Crippen molar-refractivity contribution in [3.8, 4) is 0 Å². The number of hydrogen-bond acceptors (Lipinski definition) is 5. The van der Waals surface area contributed by atoms with E-state index >= 15 is 0 Å². The quantitative estimate of drug-likeness (QED) is 0.393. The third kappa shape index (κ3) is 2.87. The summed E-state index contributed by atoms with van der Waals surface area (Å²) < 4.78 is 11.2. The summed E-state index contributed by atoms with van der Waals surface area (Å²) in [6.45, 7) is 9.44. The summed E-state index contributed by atoms with van der Waals surface area (Å²) >= 11 is 0. The Labute approximate surface area is 116 Å². The van der Waals surface area contributed by atoms with Gasteiger partial charge in [0.15, 0.2) is 5.79 Å². The van der Waals surface area contributed by atoms with E-state index in [-0.39, 0.29) is 5.41 Å². The Hall–Kier alpha value is 0.234. The van der Waals surface area contributed by atoms with E-state index in [0.29, 0.717) is 21.0 Å². The molecule has 7 heteroatoms. The lowest BCUT2D eigenvalue weighted by Crippen LogP contribution is -2.65. The molecule has 0 radical (unpaired) electrons. The van der Waals surface area contributed by atoms with Crippen LogP contribution in [0.15, 0.2) is 0 Å². The highest BCUT2D eigenvalue weighted by atomic mass is 28.2. The van der Waals surface area contributed by atoms with Crippen molar-refractivity contribution in [2.24, 2.45) is 10.8 Å². The molecule has 0 aromatic rings. The zero-order valence-corrected chi connectivity index (χ0v) is 16.5. The van der Waals surface area contributed by atoms with Gasteiger partial charge in [-0.15, -0.1) is 0 Å². The second-order valence-corrected chi connectivity index (χ2v) is 6.96. The molecule has 0 saturated carbocycles. The molecular formula is C11H28O5Si2. The van der Waals surface area contributed by atoms with Gasteiger partial charge in [0.25, 0.3) is 0 Å². The van der Waals surface area contributed by atoms with Crippen LogP contribution in [0.1, 0.15) is 34.6 Å². The zero-order valence-electron chi connectivity index (χ0n) is 12.5. The highest BCUT2D eigenvalue weighted by Crippen LogP contribution is 2.50. The van der Waals surface area contributed by atoms with E-state index in [1.54, 1.807) is 0 Å². The molecule has 0 fully saturated rings. The van der Waals surface area contributed by atoms with E-state index in [1.807, 2.05) is 34.6 Å². The molecule has 0 amide bonds. The van der Waals surface area contributed by atoms with Crippen molar-refractivity contribution >= 4 is 21.0 Å². The van der Waals surface area contributed by atoms with E-state index in [9.17, 15) is 10.2 Å². The molecule has 0 bridgehead atoms. The van der Waals surface area contributed by atoms with E-state index < -0.39 is 30.0 Å². The largest absolute Gasteiger partial charge is 0.400 e. The molecule has 0 aliphatic rings. The minimum Gasteiger partial charge on any atom is -0.400 e. The van der Waals surface area contributed by atoms with Gasteiger partial charge in [0.1, 0.15) is 33.2 Å². The van der Waals surface area contributed by atoms with Crippen molar-refractivity contribution in [3.05, 3.63) is 0 Å². The molecule has 110 valence electrons. The van der Waals surface area contributed by atoms with Crippen LogP contribution in [-0.2, 0) is 8.85 Å². The van der Waals surface area contributed by atoms with E-state index in [4.69, 9.17) is 14.0 Å². The zero-order chi connectivity index (χ0) is 14.8. The van der Waals surface area contributed by atoms with Gasteiger partial charge in [0, 0.05) is 5.41 Å². The van der Waals surface area contributed by atoms with Crippen LogP contribution in [0.5, 0.6) is 0 Å². The van der Waals surface area contributed by atoms with Gasteiger partial charge < -0.3 is 24.2 Å². The molecule has 0 rings (SSSR count). The normalized spacial score (nSPS) is 20.7. The summed E-state index contributed by atoms with van der Waals surface area (Å²) in [6.07, 6.45) is -2.57. The summed E-state index contributed by atoms with van der Waals surface area (Å²) in [5, 5.41) is 29.1. The van der Waals surface area contributed by atoms with Crippen molar-refractivity contribution in [2.45, 2.75) is 52.6 Å². The average Bonchev–Trinajstić information content (AvgIpc) is 2.28. The van der Waals surface area contributed by atoms with Gasteiger partial charge in [-0.1, -0.05) is 34.6 Å². The Morgan fingerprint density at radius 3 is 1.61 bits per heavy atom. The highest BCUT2D eigenvalue weighted by Gasteiger charge is 2.57. The van der Waals surface area contributed by atoms with Gasteiger partial charge >= 0.3 is 0 Å². The van der Waals surface area contributed by atoms with Gasteiger partial charge in [-0.3, -0.25) is 0 Å². The first-order chi connectivity index (χ1) is 8.01. The van der Waals surface area contributed by atoms with E-state index in [0.717, 1.165) is 0 Å². The topological polar surface area (TPSA) is 79.2 Å². The second kappa shape index (κ2) is 6.12. The maximum atomic E-state index is 10.3. The van der Waals surface area contributed by atoms with Crippen LogP contribution in [0.4, 0.5) is 0 Å². The number of hydrogen-bond donors (Lipinski definition) is 3. The van der Waals surface area contributed by atoms with Gasteiger partial charge in [0.05, 0.1) is 6.61 Å². The van der Waals surface area contributed by atoms with Gasteiger partial charge in [-0.25, -0.2) is 0 Å². The van der Waals surface area contributed by atoms with Gasteiger partial charge in [0.2, 0.25) is 0 Å². The summed E-state index contributed by atoms with van der Waals surface area (Å²) in [5.74, 6) is -1.29. The van der Waals surface area contributed by atoms with Crippen LogP contribution in [0, 0.1) is 10.8 Å². The lowest BCUT2D eigenvalue weighted by atomic mass is 9.62. The predicted octanol–water partition coefficient (Wildman–Crippen LogP) is -1.94. The lowest BCUT2D eigenvalue weighted by molar-refractivity contribution is -0.290. The summed E-state index contributed by atoms with van der Waals surface area (Å²) in [4.78, 5) is 0. The summed E-state index contributed by atoms with van der Waals surface area (Å²) in [5.41, 5.74) is -0.753. The molecule has 0 aliphatic carbocycles. The maximum Gasteiger partial charge on any atom is 0.182 e. The van der Waals surface area contributed by atoms with Crippen LogP contribution < -0.4 is 0 Å². The number of aliphatic hydroxyl groups is 3. The monoisotopic (exact) mass is 296 g/mol. The summed E-state index contributed by atoms with van der Waals surface area (Å²) in [7, 11) is 0.722. The lowest BCUT2D eigenvalue weighted by Gasteiger charge is -2.55. The minimum atomic E-state index is -1.29. The molecule has 0 spiro atoms. The smallest absolute Gasteiger partial charge is 0.182 e. The highest BCUT2D eigenvalue weighted by molar-refractivity contribution is 6.00. The van der Waals surface area contributed by atoms with Crippen LogP contribution in [0.25, 0.3) is 0 Å². The van der Waals surface area contributed by atoms with Gasteiger partial charge in [-0.2, -0.15) is 0 Å². The Balaban J connectivity index is 5.66. The molecule has 0 aromatic carbocycles. The molecule has 0 aliphatic heterocycles. The molecule has 3 N–H and O–H groups in total. The third-order valence-corrected chi connectivity index (χ3v) is 5.51. The van der Waals surface area contributed by atoms with E-state index in [2.05, 4.69) is 0 Å². The minimum absolute atomic E-state index is 0.210. The first kappa shape index (κ1) is 18.2. The first-order valence-corrected chi connectivity index (χ1v) is 7.72. The standard InChI is InChI=1S/C11H28O5Si2/c1-9(2,3)10(4,5)11(15-17,16-18)8(14)7(13)6-12/h7-8,12-14H,6H2,1-5,17-18H3. The van der Waals surface area contributed by atoms with Crippen molar-refractivity contribution in [3.63, 3.8) is 0 Å². The van der Waals surface area contributed by atoms with Gasteiger partial charge in [-0.05, 0) is 5.41 Å². The van der Waals surface area contributed by atoms with Crippen molar-refractivity contribution in [1.29, 1.82) is 0 Å². The Bertz CT molecular complexity index is 261. The molecule has 0 heterocycles. The Morgan fingerprint density at radius 2 is 1.39 bits per heavy atom. The molecular weight excluding hydrogens is 268 g/mol. The fourth-order valence-electron chi connectivity index (χ4n) is 2.08. The molecule has 2 unspecified atom stereocenters. The van der Waals surface area contributed by atoms with Crippen molar-refractivity contribution in [2.75, 3.05) is 6.61 Å². The van der Waals surface area contributed by atoms with Crippen molar-refractivity contribution in [1.82, 2.24) is 0 Å². The van der Waals surface area contributed by atoms with Crippen LogP contribution in [-0.4, -0.2) is 60.9 Å². The second-order valence-electron chi connectivity index (χ2n) is 6.15. The molecule has 0 aromatic heterocycles. The van der Waals surface area contributed by atoms with Crippen molar-refractivity contribution < 1.29 is 24.2 Å². The molecule has 0 saturated heterocycles. The average molecular weight is 297 g/mol. The maximum absolute atomic E-state index is 10.3. The Morgan fingerprint density at radius 1 is 1.00 bits per heavy atom. The fraction of sp³-hybridized carbons (Fsp3) is 1.00. The van der Waals surface area contributed by atoms with Crippen LogP contribution >= 0.6 is 0 Å². The number of rotatable bonds is 6. The molecule has 5 nitrogen and oxygen atoms in total.